The molecule has 3 rings (SSSR count). The predicted molar refractivity (Wildman–Crippen MR) is 89.8 cm³/mol. The molecule has 3 aromatic rings. The van der Waals surface area contributed by atoms with E-state index in [2.05, 4.69) is 73.2 Å². The van der Waals surface area contributed by atoms with E-state index in [0.717, 1.165) is 21.5 Å². The Labute approximate surface area is 139 Å². The fourth-order valence-electron chi connectivity index (χ4n) is 3.02. The minimum atomic E-state index is 1.03. The third kappa shape index (κ3) is 2.49. The van der Waals surface area contributed by atoms with Crippen LogP contribution in [0, 0.1) is 20.8 Å². The molecular formula is C18H19N3Se. The standard InChI is InChI=1S/C18H19N3Se/c1-12-10-13(2)16(14(3)11-12)21-18(22)17(20(4)19-21)15-8-6-5-7-9-15/h5-11H,1-4H3. The Morgan fingerprint density at radius 2 is 1.59 bits per heavy atom. The summed E-state index contributed by atoms with van der Waals surface area (Å²) < 4.78 is 4.97. The Kier molecular flexibility index (Phi) is 3.90. The van der Waals surface area contributed by atoms with Gasteiger partial charge in [-0.1, -0.05) is 0 Å². The van der Waals surface area contributed by atoms with E-state index in [9.17, 15) is 0 Å². The molecule has 0 unspecified atom stereocenters. The van der Waals surface area contributed by atoms with Gasteiger partial charge in [-0.25, -0.2) is 0 Å². The Hall–Kier alpha value is -1.90. The molecule has 1 heterocycles. The van der Waals surface area contributed by atoms with E-state index in [1.165, 1.54) is 16.7 Å². The summed E-state index contributed by atoms with van der Waals surface area (Å²) in [7, 11) is 1.98. The van der Waals surface area contributed by atoms with Gasteiger partial charge in [-0.15, -0.1) is 0 Å². The zero-order valence-electron chi connectivity index (χ0n) is 13.3. The van der Waals surface area contributed by atoms with Gasteiger partial charge in [0, 0.05) is 0 Å². The topological polar surface area (TPSA) is 21.7 Å². The van der Waals surface area contributed by atoms with E-state index in [1.807, 2.05) is 22.5 Å². The van der Waals surface area contributed by atoms with E-state index in [0.29, 0.717) is 0 Å². The van der Waals surface area contributed by atoms with E-state index >= 15 is 0 Å². The first-order valence-corrected chi connectivity index (χ1v) is 8.14. The van der Waals surface area contributed by atoms with Gasteiger partial charge in [0.2, 0.25) is 0 Å². The van der Waals surface area contributed by atoms with Crippen molar-refractivity contribution in [2.45, 2.75) is 20.8 Å². The van der Waals surface area contributed by atoms with Crippen LogP contribution in [0.2, 0.25) is 0 Å². The Morgan fingerprint density at radius 1 is 1.00 bits per heavy atom. The monoisotopic (exact) mass is 357 g/mol. The first-order valence-electron chi connectivity index (χ1n) is 7.29. The summed E-state index contributed by atoms with van der Waals surface area (Å²) in [5.41, 5.74) is 7.15. The quantitative estimate of drug-likeness (QED) is 0.509. The number of hydrogen-bond donors (Lipinski definition) is 0. The summed E-state index contributed by atoms with van der Waals surface area (Å²) in [4.78, 5) is 0. The number of aromatic nitrogens is 3. The van der Waals surface area contributed by atoms with E-state index < -0.39 is 0 Å². The van der Waals surface area contributed by atoms with Crippen LogP contribution in [0.5, 0.6) is 0 Å². The molecule has 0 amide bonds. The zero-order chi connectivity index (χ0) is 15.9. The van der Waals surface area contributed by atoms with E-state index in [-0.39, 0.29) is 0 Å². The molecule has 22 heavy (non-hydrogen) atoms. The molecule has 0 saturated carbocycles. The maximum atomic E-state index is 4.71. The van der Waals surface area contributed by atoms with Crippen LogP contribution in [0.1, 0.15) is 16.7 Å². The second kappa shape index (κ2) is 5.71. The van der Waals surface area contributed by atoms with Crippen molar-refractivity contribution in [3.8, 4) is 16.9 Å². The van der Waals surface area contributed by atoms with Gasteiger partial charge >= 0.3 is 139 Å². The molecule has 0 aliphatic rings. The van der Waals surface area contributed by atoms with Gasteiger partial charge in [-0.3, -0.25) is 0 Å². The summed E-state index contributed by atoms with van der Waals surface area (Å²) in [6.45, 7) is 6.40. The summed E-state index contributed by atoms with van der Waals surface area (Å²) in [6.07, 6.45) is 0. The van der Waals surface area contributed by atoms with Gasteiger partial charge in [0.1, 0.15) is 0 Å². The number of hydrogen-bond acceptors (Lipinski definition) is 1. The molecule has 2 aromatic carbocycles. The fourth-order valence-corrected chi connectivity index (χ4v) is 3.81. The van der Waals surface area contributed by atoms with Crippen LogP contribution in [-0.2, 0) is 7.05 Å². The third-order valence-electron chi connectivity index (χ3n) is 3.84. The number of benzene rings is 2. The molecule has 0 aliphatic carbocycles. The Balaban J connectivity index is 2.24. The van der Waals surface area contributed by atoms with E-state index in [1.54, 1.807) is 0 Å². The molecule has 0 saturated heterocycles. The predicted octanol–water partition coefficient (Wildman–Crippen LogP) is 2.08. The third-order valence-corrected chi connectivity index (χ3v) is 4.61. The molecule has 0 bridgehead atoms. The van der Waals surface area contributed by atoms with Gasteiger partial charge in [-0.2, -0.15) is 0 Å². The molecule has 0 aliphatic heterocycles. The molecule has 112 valence electrons. The minimum absolute atomic E-state index is 1.03. The molecule has 3 nitrogen and oxygen atoms in total. The van der Waals surface area contributed by atoms with Crippen molar-refractivity contribution in [1.29, 1.82) is 0 Å². The second-order valence-corrected chi connectivity index (χ2v) is 6.50. The van der Waals surface area contributed by atoms with Crippen molar-refractivity contribution in [1.82, 2.24) is 9.90 Å². The first kappa shape index (κ1) is 15.0. The van der Waals surface area contributed by atoms with Crippen molar-refractivity contribution in [2.75, 3.05) is 0 Å². The molecule has 0 spiro atoms. The van der Waals surface area contributed by atoms with Crippen LogP contribution in [0.15, 0.2) is 42.5 Å². The van der Waals surface area contributed by atoms with E-state index in [4.69, 9.17) is 5.21 Å². The van der Waals surface area contributed by atoms with Crippen molar-refractivity contribution in [3.63, 3.8) is 0 Å². The molecule has 0 radical (unpaired) electrons. The van der Waals surface area contributed by atoms with Crippen LogP contribution in [-0.4, -0.2) is 25.9 Å². The zero-order valence-corrected chi connectivity index (χ0v) is 15.0. The van der Waals surface area contributed by atoms with Gasteiger partial charge in [0.25, 0.3) is 0 Å². The first-order chi connectivity index (χ1) is 10.5. The number of nitrogens with zero attached hydrogens (tertiary/aromatic N) is 3. The van der Waals surface area contributed by atoms with Crippen LogP contribution in [0.3, 0.4) is 0 Å². The van der Waals surface area contributed by atoms with Gasteiger partial charge < -0.3 is 0 Å². The SMILES string of the molecule is Cc1cc(C)c(-n2n[n+](C)c(-c3ccccc3)c2[Se-])c(C)c1. The Bertz CT molecular complexity index is 812. The summed E-state index contributed by atoms with van der Waals surface area (Å²) in [5.74, 6) is 0. The normalized spacial score (nSPS) is 10.9. The second-order valence-electron chi connectivity index (χ2n) is 5.69. The van der Waals surface area contributed by atoms with Crippen LogP contribution >= 0.6 is 0 Å². The van der Waals surface area contributed by atoms with Crippen LogP contribution < -0.4 is 9.27 Å². The summed E-state index contributed by atoms with van der Waals surface area (Å²) in [6, 6.07) is 14.7. The van der Waals surface area contributed by atoms with Crippen molar-refractivity contribution >= 4 is 20.6 Å². The molecular weight excluding hydrogens is 337 g/mol. The van der Waals surface area contributed by atoms with Crippen molar-refractivity contribution in [3.05, 3.63) is 59.2 Å². The van der Waals surface area contributed by atoms with Gasteiger partial charge in [0.15, 0.2) is 0 Å². The summed E-state index contributed by atoms with van der Waals surface area (Å²) >= 11 is 3.21. The number of aryl methyl sites for hydroxylation is 4. The van der Waals surface area contributed by atoms with Crippen molar-refractivity contribution < 1.29 is 4.68 Å². The van der Waals surface area contributed by atoms with Gasteiger partial charge in [0.05, 0.1) is 0 Å². The summed E-state index contributed by atoms with van der Waals surface area (Å²) in [5, 5.41) is 4.71. The van der Waals surface area contributed by atoms with Crippen LogP contribution in [0.4, 0.5) is 0 Å². The molecule has 0 atom stereocenters. The molecule has 0 N–H and O–H groups in total. The Morgan fingerprint density at radius 3 is 2.18 bits per heavy atom. The van der Waals surface area contributed by atoms with Crippen LogP contribution in [0.25, 0.3) is 16.9 Å². The van der Waals surface area contributed by atoms with Crippen molar-refractivity contribution in [2.24, 2.45) is 7.05 Å². The fraction of sp³-hybridized carbons (Fsp3) is 0.222. The molecule has 4 heteroatoms. The van der Waals surface area contributed by atoms with Gasteiger partial charge in [-0.05, 0) is 0 Å². The number of rotatable bonds is 2. The average Bonchev–Trinajstić information content (AvgIpc) is 2.74. The molecule has 0 fully saturated rings. The maximum absolute atomic E-state index is 4.71. The molecule has 1 aromatic heterocycles. The average molecular weight is 356 g/mol.